The van der Waals surface area contributed by atoms with Gasteiger partial charge < -0.3 is 19.7 Å². The molecule has 1 heterocycles. The second-order valence-electron chi connectivity index (χ2n) is 5.68. The normalized spacial score (nSPS) is 11.2. The molecule has 0 amide bonds. The molecule has 21 heavy (non-hydrogen) atoms. The van der Waals surface area contributed by atoms with E-state index in [2.05, 4.69) is 34.0 Å². The van der Waals surface area contributed by atoms with Crippen molar-refractivity contribution in [3.8, 4) is 5.88 Å². The average molecular weight is 296 g/mol. The molecule has 0 aliphatic rings. The van der Waals surface area contributed by atoms with Gasteiger partial charge in [0.2, 0.25) is 5.88 Å². The van der Waals surface area contributed by atoms with Crippen LogP contribution in [0.4, 0.5) is 5.82 Å². The minimum Gasteiger partial charge on any atom is -0.475 e. The summed E-state index contributed by atoms with van der Waals surface area (Å²) in [7, 11) is 5.75. The molecule has 0 fully saturated rings. The van der Waals surface area contributed by atoms with Crippen LogP contribution in [0.2, 0.25) is 0 Å². The lowest BCUT2D eigenvalue weighted by atomic mass is 10.1. The molecule has 0 unspecified atom stereocenters. The minimum atomic E-state index is 0.492. The summed E-state index contributed by atoms with van der Waals surface area (Å²) in [5.74, 6) is 2.74. The molecule has 0 bridgehead atoms. The van der Waals surface area contributed by atoms with Crippen LogP contribution in [-0.4, -0.2) is 62.4 Å². The van der Waals surface area contributed by atoms with Crippen LogP contribution in [0.3, 0.4) is 0 Å². The van der Waals surface area contributed by atoms with Gasteiger partial charge in [0.15, 0.2) is 0 Å². The Morgan fingerprint density at radius 1 is 1.24 bits per heavy atom. The lowest BCUT2D eigenvalue weighted by molar-refractivity contribution is 0.143. The van der Waals surface area contributed by atoms with Crippen molar-refractivity contribution in [2.75, 3.05) is 52.8 Å². The Kier molecular flexibility index (Phi) is 8.00. The molecule has 0 spiro atoms. The van der Waals surface area contributed by atoms with Crippen molar-refractivity contribution in [1.29, 1.82) is 0 Å². The Morgan fingerprint density at radius 3 is 2.62 bits per heavy atom. The summed E-state index contributed by atoms with van der Waals surface area (Å²) in [5.41, 5.74) is 0. The number of likely N-dealkylation sites (N-methyl/N-ethyl adjacent to an activating group) is 1. The van der Waals surface area contributed by atoms with E-state index in [9.17, 15) is 0 Å². The van der Waals surface area contributed by atoms with Crippen LogP contribution in [0.25, 0.3) is 0 Å². The molecule has 1 aromatic rings. The quantitative estimate of drug-likeness (QED) is 0.663. The predicted octanol–water partition coefficient (Wildman–Crippen LogP) is 1.67. The molecule has 1 N–H and O–H groups in total. The predicted molar refractivity (Wildman–Crippen MR) is 85.0 cm³/mol. The Hall–Kier alpha value is -1.40. The van der Waals surface area contributed by atoms with Gasteiger partial charge in [-0.3, -0.25) is 0 Å². The molecule has 0 aliphatic carbocycles. The molecule has 1 aromatic heterocycles. The minimum absolute atomic E-state index is 0.492. The first-order valence-corrected chi connectivity index (χ1v) is 7.39. The molecular formula is C15H28N4O2. The van der Waals surface area contributed by atoms with Crippen molar-refractivity contribution >= 4 is 5.82 Å². The number of hydrogen-bond acceptors (Lipinski definition) is 6. The SMILES string of the molecule is COCCOc1cc(NCCN(C)C)nc(CC(C)C)n1. The Bertz CT molecular complexity index is 411. The second-order valence-corrected chi connectivity index (χ2v) is 5.68. The van der Waals surface area contributed by atoms with E-state index in [1.165, 1.54) is 0 Å². The number of hydrogen-bond donors (Lipinski definition) is 1. The molecule has 0 radical (unpaired) electrons. The van der Waals surface area contributed by atoms with Crippen LogP contribution in [0.15, 0.2) is 6.07 Å². The van der Waals surface area contributed by atoms with E-state index in [1.807, 2.05) is 20.2 Å². The zero-order chi connectivity index (χ0) is 15.7. The summed E-state index contributed by atoms with van der Waals surface area (Å²) in [5, 5.41) is 3.32. The van der Waals surface area contributed by atoms with Gasteiger partial charge in [0.05, 0.1) is 6.61 Å². The molecule has 0 aliphatic heterocycles. The van der Waals surface area contributed by atoms with Crippen molar-refractivity contribution in [3.63, 3.8) is 0 Å². The van der Waals surface area contributed by atoms with E-state index >= 15 is 0 Å². The van der Waals surface area contributed by atoms with Crippen LogP contribution in [0.5, 0.6) is 5.88 Å². The Balaban J connectivity index is 2.71. The van der Waals surface area contributed by atoms with Gasteiger partial charge >= 0.3 is 0 Å². The van der Waals surface area contributed by atoms with Crippen molar-refractivity contribution in [3.05, 3.63) is 11.9 Å². The number of ether oxygens (including phenoxy) is 2. The van der Waals surface area contributed by atoms with Crippen molar-refractivity contribution in [2.24, 2.45) is 5.92 Å². The van der Waals surface area contributed by atoms with Crippen LogP contribution >= 0.6 is 0 Å². The van der Waals surface area contributed by atoms with E-state index < -0.39 is 0 Å². The van der Waals surface area contributed by atoms with Crippen LogP contribution < -0.4 is 10.1 Å². The topological polar surface area (TPSA) is 59.5 Å². The van der Waals surface area contributed by atoms with E-state index in [-0.39, 0.29) is 0 Å². The maximum Gasteiger partial charge on any atom is 0.218 e. The highest BCUT2D eigenvalue weighted by Crippen LogP contribution is 2.15. The second kappa shape index (κ2) is 9.52. The van der Waals surface area contributed by atoms with E-state index in [0.29, 0.717) is 25.0 Å². The molecule has 1 rings (SSSR count). The van der Waals surface area contributed by atoms with Crippen molar-refractivity contribution in [1.82, 2.24) is 14.9 Å². The largest absolute Gasteiger partial charge is 0.475 e. The number of methoxy groups -OCH3 is 1. The maximum atomic E-state index is 5.61. The fourth-order valence-corrected chi connectivity index (χ4v) is 1.73. The zero-order valence-corrected chi connectivity index (χ0v) is 13.8. The lowest BCUT2D eigenvalue weighted by Gasteiger charge is -2.13. The Labute approximate surface area is 127 Å². The third kappa shape index (κ3) is 7.82. The highest BCUT2D eigenvalue weighted by atomic mass is 16.5. The fourth-order valence-electron chi connectivity index (χ4n) is 1.73. The molecule has 120 valence electrons. The smallest absolute Gasteiger partial charge is 0.218 e. The molecule has 0 atom stereocenters. The number of nitrogens with zero attached hydrogens (tertiary/aromatic N) is 3. The van der Waals surface area contributed by atoms with Gasteiger partial charge in [0.1, 0.15) is 18.2 Å². The molecule has 0 aromatic carbocycles. The first kappa shape index (κ1) is 17.7. The van der Waals surface area contributed by atoms with Gasteiger partial charge in [0, 0.05) is 32.7 Å². The van der Waals surface area contributed by atoms with Crippen molar-refractivity contribution < 1.29 is 9.47 Å². The molecule has 6 nitrogen and oxygen atoms in total. The molecular weight excluding hydrogens is 268 g/mol. The summed E-state index contributed by atoms with van der Waals surface area (Å²) in [4.78, 5) is 11.1. The monoisotopic (exact) mass is 296 g/mol. The van der Waals surface area contributed by atoms with Gasteiger partial charge in [-0.2, -0.15) is 4.98 Å². The van der Waals surface area contributed by atoms with Crippen LogP contribution in [-0.2, 0) is 11.2 Å². The summed E-state index contributed by atoms with van der Waals surface area (Å²) in [6, 6.07) is 1.84. The van der Waals surface area contributed by atoms with Gasteiger partial charge in [-0.25, -0.2) is 4.98 Å². The van der Waals surface area contributed by atoms with E-state index in [0.717, 1.165) is 31.2 Å². The highest BCUT2D eigenvalue weighted by molar-refractivity contribution is 5.38. The summed E-state index contributed by atoms with van der Waals surface area (Å²) in [6.45, 7) is 7.13. The van der Waals surface area contributed by atoms with Gasteiger partial charge in [-0.15, -0.1) is 0 Å². The van der Waals surface area contributed by atoms with Gasteiger partial charge in [-0.1, -0.05) is 13.8 Å². The van der Waals surface area contributed by atoms with Gasteiger partial charge in [-0.05, 0) is 20.0 Å². The Morgan fingerprint density at radius 2 is 2.00 bits per heavy atom. The molecule has 0 saturated carbocycles. The zero-order valence-electron chi connectivity index (χ0n) is 13.8. The third-order valence-electron chi connectivity index (χ3n) is 2.74. The summed E-state index contributed by atoms with van der Waals surface area (Å²) < 4.78 is 10.6. The summed E-state index contributed by atoms with van der Waals surface area (Å²) in [6.07, 6.45) is 0.837. The van der Waals surface area contributed by atoms with E-state index in [1.54, 1.807) is 7.11 Å². The lowest BCUT2D eigenvalue weighted by Crippen LogP contribution is -2.21. The van der Waals surface area contributed by atoms with Gasteiger partial charge in [0.25, 0.3) is 0 Å². The number of aromatic nitrogens is 2. The van der Waals surface area contributed by atoms with Crippen molar-refractivity contribution in [2.45, 2.75) is 20.3 Å². The number of anilines is 1. The molecule has 6 heteroatoms. The maximum absolute atomic E-state index is 5.61. The number of rotatable bonds is 10. The third-order valence-corrected chi connectivity index (χ3v) is 2.74. The van der Waals surface area contributed by atoms with Crippen LogP contribution in [0, 0.1) is 5.92 Å². The number of nitrogens with one attached hydrogen (secondary N) is 1. The highest BCUT2D eigenvalue weighted by Gasteiger charge is 2.08. The molecule has 0 saturated heterocycles. The first-order valence-electron chi connectivity index (χ1n) is 7.39. The fraction of sp³-hybridized carbons (Fsp3) is 0.733. The summed E-state index contributed by atoms with van der Waals surface area (Å²) >= 11 is 0. The average Bonchev–Trinajstić information content (AvgIpc) is 2.37. The van der Waals surface area contributed by atoms with Crippen LogP contribution in [0.1, 0.15) is 19.7 Å². The standard InChI is InChI=1S/C15H28N4O2/c1-12(2)10-14-17-13(16-6-7-19(3)4)11-15(18-14)21-9-8-20-5/h11-12H,6-10H2,1-5H3,(H,16,17,18). The van der Waals surface area contributed by atoms with E-state index in [4.69, 9.17) is 9.47 Å². The first-order chi connectivity index (χ1) is 10.0.